The third kappa shape index (κ3) is 4.64. The van der Waals surface area contributed by atoms with Gasteiger partial charge in [0.25, 0.3) is 0 Å². The lowest BCUT2D eigenvalue weighted by atomic mass is 9.90. The molecule has 2 aliphatic heterocycles. The first-order valence-corrected chi connectivity index (χ1v) is 10.4. The average molecular weight is 425 g/mol. The van der Waals surface area contributed by atoms with Gasteiger partial charge < -0.3 is 15.2 Å². The molecule has 3 rings (SSSR count). The second-order valence-electron chi connectivity index (χ2n) is 7.24. The lowest BCUT2D eigenvalue weighted by Crippen LogP contribution is -2.34. The number of nitrogens with zero attached hydrogens (tertiary/aromatic N) is 1. The minimum atomic E-state index is -3.68. The summed E-state index contributed by atoms with van der Waals surface area (Å²) in [6, 6.07) is 4.74. The lowest BCUT2D eigenvalue weighted by molar-refractivity contribution is 0.166. The molecule has 148 valence electrons. The van der Waals surface area contributed by atoms with Crippen LogP contribution in [0.25, 0.3) is 0 Å². The molecule has 6 nitrogen and oxygen atoms in total. The SMILES string of the molecule is CC1(CN)CCN(S(=O)(=O)c2cc(Cl)ccc2OCC2CCOC2)C1.Cl. The molecule has 0 aromatic heterocycles. The van der Waals surface area contributed by atoms with Gasteiger partial charge in [0.2, 0.25) is 10.0 Å². The van der Waals surface area contributed by atoms with Gasteiger partial charge in [0.1, 0.15) is 10.6 Å². The molecule has 26 heavy (non-hydrogen) atoms. The summed E-state index contributed by atoms with van der Waals surface area (Å²) >= 11 is 6.06. The van der Waals surface area contributed by atoms with E-state index in [1.807, 2.05) is 6.92 Å². The van der Waals surface area contributed by atoms with Crippen LogP contribution < -0.4 is 10.5 Å². The van der Waals surface area contributed by atoms with Crippen LogP contribution in [0, 0.1) is 11.3 Å². The summed E-state index contributed by atoms with van der Waals surface area (Å²) < 4.78 is 38.9. The van der Waals surface area contributed by atoms with E-state index in [1.165, 1.54) is 10.4 Å². The summed E-state index contributed by atoms with van der Waals surface area (Å²) in [5, 5.41) is 0.371. The first-order valence-electron chi connectivity index (χ1n) is 8.54. The third-order valence-electron chi connectivity index (χ3n) is 5.04. The first kappa shape index (κ1) is 21.7. The van der Waals surface area contributed by atoms with E-state index in [0.29, 0.717) is 49.5 Å². The summed E-state index contributed by atoms with van der Waals surface area (Å²) in [6.45, 7) is 5.15. The molecule has 0 amide bonds. The molecule has 0 bridgehead atoms. The maximum Gasteiger partial charge on any atom is 0.246 e. The standard InChI is InChI=1S/C17H25ClN2O4S.ClH/c1-17(11-19)5-6-20(12-17)25(21,22)16-8-14(18)2-3-15(16)24-10-13-4-7-23-9-13;/h2-3,8,13H,4-7,9-12,19H2,1H3;1H. The van der Waals surface area contributed by atoms with Crippen LogP contribution in [-0.2, 0) is 14.8 Å². The predicted octanol–water partition coefficient (Wildman–Crippen LogP) is 2.54. The van der Waals surface area contributed by atoms with Gasteiger partial charge in [-0.1, -0.05) is 18.5 Å². The molecular formula is C17H26Cl2N2O4S. The molecule has 2 unspecified atom stereocenters. The summed E-state index contributed by atoms with van der Waals surface area (Å²) in [7, 11) is -3.68. The number of benzene rings is 1. The second kappa shape index (κ2) is 8.63. The largest absolute Gasteiger partial charge is 0.492 e. The number of ether oxygens (including phenoxy) is 2. The Balaban J connectivity index is 0.00000243. The molecule has 2 fully saturated rings. The van der Waals surface area contributed by atoms with Crippen molar-refractivity contribution in [2.75, 3.05) is 39.5 Å². The molecule has 2 heterocycles. The number of sulfonamides is 1. The number of nitrogens with two attached hydrogens (primary N) is 1. The highest BCUT2D eigenvalue weighted by Crippen LogP contribution is 2.36. The van der Waals surface area contributed by atoms with Gasteiger partial charge in [0.15, 0.2) is 0 Å². The van der Waals surface area contributed by atoms with Crippen molar-refractivity contribution in [2.24, 2.45) is 17.1 Å². The second-order valence-corrected chi connectivity index (χ2v) is 9.58. The minimum Gasteiger partial charge on any atom is -0.492 e. The number of halogens is 2. The van der Waals surface area contributed by atoms with E-state index in [0.717, 1.165) is 19.4 Å². The van der Waals surface area contributed by atoms with Crippen LogP contribution in [-0.4, -0.2) is 52.2 Å². The zero-order valence-corrected chi connectivity index (χ0v) is 17.2. The Morgan fingerprint density at radius 1 is 1.46 bits per heavy atom. The zero-order chi connectivity index (χ0) is 18.1. The zero-order valence-electron chi connectivity index (χ0n) is 14.8. The van der Waals surface area contributed by atoms with E-state index in [1.54, 1.807) is 12.1 Å². The summed E-state index contributed by atoms with van der Waals surface area (Å²) in [5.74, 6) is 0.635. The molecule has 1 aromatic carbocycles. The smallest absolute Gasteiger partial charge is 0.246 e. The van der Waals surface area contributed by atoms with E-state index in [9.17, 15) is 8.42 Å². The fourth-order valence-corrected chi connectivity index (χ4v) is 5.20. The summed E-state index contributed by atoms with van der Waals surface area (Å²) in [4.78, 5) is 0.125. The van der Waals surface area contributed by atoms with Gasteiger partial charge in [-0.25, -0.2) is 8.42 Å². The van der Waals surface area contributed by atoms with E-state index >= 15 is 0 Å². The van der Waals surface area contributed by atoms with Crippen molar-refractivity contribution >= 4 is 34.0 Å². The van der Waals surface area contributed by atoms with Gasteiger partial charge in [0.05, 0.1) is 13.2 Å². The highest BCUT2D eigenvalue weighted by Gasteiger charge is 2.40. The number of hydrogen-bond acceptors (Lipinski definition) is 5. The molecular weight excluding hydrogens is 399 g/mol. The molecule has 0 aliphatic carbocycles. The Kier molecular flexibility index (Phi) is 7.21. The Hall–Kier alpha value is -0.570. The lowest BCUT2D eigenvalue weighted by Gasteiger charge is -2.23. The topological polar surface area (TPSA) is 81.9 Å². The van der Waals surface area contributed by atoms with E-state index < -0.39 is 10.0 Å². The van der Waals surface area contributed by atoms with E-state index in [2.05, 4.69) is 0 Å². The third-order valence-corrected chi connectivity index (χ3v) is 7.14. The molecule has 1 aromatic rings. The van der Waals surface area contributed by atoms with Crippen molar-refractivity contribution in [3.8, 4) is 5.75 Å². The van der Waals surface area contributed by atoms with Crippen molar-refractivity contribution in [1.29, 1.82) is 0 Å². The van der Waals surface area contributed by atoms with Gasteiger partial charge in [-0.05, 0) is 43.0 Å². The fourth-order valence-electron chi connectivity index (χ4n) is 3.21. The van der Waals surface area contributed by atoms with Gasteiger partial charge >= 0.3 is 0 Å². The van der Waals surface area contributed by atoms with Crippen LogP contribution in [0.4, 0.5) is 0 Å². The Labute approximate surface area is 166 Å². The molecule has 2 saturated heterocycles. The van der Waals surface area contributed by atoms with Crippen molar-refractivity contribution in [2.45, 2.75) is 24.7 Å². The van der Waals surface area contributed by atoms with Crippen molar-refractivity contribution in [3.63, 3.8) is 0 Å². The highest BCUT2D eigenvalue weighted by molar-refractivity contribution is 7.89. The molecule has 0 spiro atoms. The van der Waals surface area contributed by atoms with Crippen LogP contribution in [0.15, 0.2) is 23.1 Å². The molecule has 2 aliphatic rings. The molecule has 0 saturated carbocycles. The molecule has 9 heteroatoms. The quantitative estimate of drug-likeness (QED) is 0.758. The Morgan fingerprint density at radius 3 is 2.85 bits per heavy atom. The van der Waals surface area contributed by atoms with E-state index in [-0.39, 0.29) is 22.7 Å². The van der Waals surface area contributed by atoms with Gasteiger partial charge in [0, 0.05) is 30.6 Å². The van der Waals surface area contributed by atoms with Crippen LogP contribution in [0.1, 0.15) is 19.8 Å². The van der Waals surface area contributed by atoms with Crippen molar-refractivity contribution in [3.05, 3.63) is 23.2 Å². The monoisotopic (exact) mass is 424 g/mol. The summed E-state index contributed by atoms with van der Waals surface area (Å²) in [6.07, 6.45) is 1.68. The minimum absolute atomic E-state index is 0. The maximum atomic E-state index is 13.1. The van der Waals surface area contributed by atoms with Crippen LogP contribution in [0.2, 0.25) is 5.02 Å². The van der Waals surface area contributed by atoms with Gasteiger partial charge in [-0.3, -0.25) is 0 Å². The maximum absolute atomic E-state index is 13.1. The van der Waals surface area contributed by atoms with Crippen LogP contribution in [0.3, 0.4) is 0 Å². The van der Waals surface area contributed by atoms with Gasteiger partial charge in [-0.2, -0.15) is 4.31 Å². The summed E-state index contributed by atoms with van der Waals surface area (Å²) in [5.41, 5.74) is 5.62. The Morgan fingerprint density at radius 2 is 2.23 bits per heavy atom. The first-order chi connectivity index (χ1) is 11.8. The normalized spacial score (nSPS) is 26.7. The number of rotatable bonds is 6. The molecule has 2 atom stereocenters. The number of hydrogen-bond donors (Lipinski definition) is 1. The molecule has 0 radical (unpaired) electrons. The van der Waals surface area contributed by atoms with Crippen LogP contribution >= 0.6 is 24.0 Å². The van der Waals surface area contributed by atoms with E-state index in [4.69, 9.17) is 26.8 Å². The predicted molar refractivity (Wildman–Crippen MR) is 104 cm³/mol. The molecule has 2 N–H and O–H groups in total. The Bertz CT molecular complexity index is 725. The van der Waals surface area contributed by atoms with Gasteiger partial charge in [-0.15, -0.1) is 12.4 Å². The highest BCUT2D eigenvalue weighted by atomic mass is 35.5. The van der Waals surface area contributed by atoms with Crippen molar-refractivity contribution < 1.29 is 17.9 Å². The van der Waals surface area contributed by atoms with Crippen molar-refractivity contribution in [1.82, 2.24) is 4.31 Å². The van der Waals surface area contributed by atoms with Crippen LogP contribution in [0.5, 0.6) is 5.75 Å². The average Bonchev–Trinajstić information content (AvgIpc) is 3.24. The fraction of sp³-hybridized carbons (Fsp3) is 0.647.